The fourth-order valence-electron chi connectivity index (χ4n) is 3.85. The third kappa shape index (κ3) is 2.30. The number of nitrogens with one attached hydrogen (secondary N) is 1. The van der Waals surface area contributed by atoms with E-state index in [0.717, 1.165) is 0 Å². The maximum Gasteiger partial charge on any atom is 0.339 e. The number of carbonyl (C=O) groups is 2. The van der Waals surface area contributed by atoms with Gasteiger partial charge in [0, 0.05) is 16.8 Å². The lowest BCUT2D eigenvalue weighted by atomic mass is 9.85. The first kappa shape index (κ1) is 18.2. The van der Waals surface area contributed by atoms with E-state index in [-0.39, 0.29) is 29.0 Å². The van der Waals surface area contributed by atoms with E-state index in [2.05, 4.69) is 5.32 Å². The molecule has 2 aliphatic rings. The zero-order valence-electron chi connectivity index (χ0n) is 15.4. The second kappa shape index (κ2) is 6.19. The van der Waals surface area contributed by atoms with Crippen molar-refractivity contribution in [1.82, 2.24) is 5.32 Å². The first-order chi connectivity index (χ1) is 13.3. The average molecular weight is 381 g/mol. The van der Waals surface area contributed by atoms with E-state index >= 15 is 0 Å². The number of hydrogen-bond acceptors (Lipinski definition) is 7. The van der Waals surface area contributed by atoms with Crippen LogP contribution in [0.15, 0.2) is 59.8 Å². The molecule has 2 aromatic rings. The van der Waals surface area contributed by atoms with Gasteiger partial charge in [0.15, 0.2) is 0 Å². The van der Waals surface area contributed by atoms with Gasteiger partial charge in [-0.2, -0.15) is 0 Å². The Morgan fingerprint density at radius 2 is 1.79 bits per heavy atom. The number of esters is 1. The van der Waals surface area contributed by atoms with E-state index in [1.54, 1.807) is 43.5 Å². The van der Waals surface area contributed by atoms with Crippen molar-refractivity contribution in [3.05, 3.63) is 76.5 Å². The van der Waals surface area contributed by atoms with Crippen LogP contribution in [0.4, 0.5) is 0 Å². The number of ketones is 1. The summed E-state index contributed by atoms with van der Waals surface area (Å²) in [5.41, 5.74) is -3.57. The Hall–Kier alpha value is -3.16. The van der Waals surface area contributed by atoms with Gasteiger partial charge in [-0.25, -0.2) is 4.79 Å². The van der Waals surface area contributed by atoms with Crippen molar-refractivity contribution in [3.63, 3.8) is 0 Å². The first-order valence-corrected chi connectivity index (χ1v) is 8.71. The minimum Gasteiger partial charge on any atom is -0.497 e. The van der Waals surface area contributed by atoms with Crippen molar-refractivity contribution in [2.45, 2.75) is 24.9 Å². The molecule has 0 bridgehead atoms. The Balaban J connectivity index is 1.62. The predicted octanol–water partition coefficient (Wildman–Crippen LogP) is 1.39. The maximum absolute atomic E-state index is 12.9. The van der Waals surface area contributed by atoms with Crippen LogP contribution in [0.2, 0.25) is 0 Å². The fraction of sp³-hybridized carbons (Fsp3) is 0.238. The van der Waals surface area contributed by atoms with E-state index in [0.29, 0.717) is 11.3 Å². The topological polar surface area (TPSA) is 105 Å². The Labute approximate surface area is 161 Å². The van der Waals surface area contributed by atoms with E-state index in [1.807, 2.05) is 0 Å². The minimum absolute atomic E-state index is 0.0603. The van der Waals surface area contributed by atoms with Crippen LogP contribution in [0.1, 0.15) is 28.4 Å². The van der Waals surface area contributed by atoms with Crippen molar-refractivity contribution in [2.24, 2.45) is 0 Å². The quantitative estimate of drug-likeness (QED) is 0.688. The molecule has 0 saturated heterocycles. The second-order valence-corrected chi connectivity index (χ2v) is 6.84. The van der Waals surface area contributed by atoms with Crippen LogP contribution in [0.5, 0.6) is 5.75 Å². The van der Waals surface area contributed by atoms with Gasteiger partial charge in [0.2, 0.25) is 17.1 Å². The van der Waals surface area contributed by atoms with E-state index in [1.165, 1.54) is 19.1 Å². The van der Waals surface area contributed by atoms with Crippen molar-refractivity contribution < 1.29 is 29.3 Å². The molecule has 0 spiro atoms. The zero-order chi connectivity index (χ0) is 20.1. The van der Waals surface area contributed by atoms with Crippen LogP contribution < -0.4 is 10.1 Å². The van der Waals surface area contributed by atoms with Crippen LogP contribution in [0.25, 0.3) is 0 Å². The maximum atomic E-state index is 12.9. The molecular formula is C21H19NO6. The van der Waals surface area contributed by atoms with Gasteiger partial charge in [-0.15, -0.1) is 0 Å². The van der Waals surface area contributed by atoms with E-state index < -0.39 is 23.1 Å². The van der Waals surface area contributed by atoms with Crippen LogP contribution in [-0.4, -0.2) is 34.7 Å². The fourth-order valence-corrected chi connectivity index (χ4v) is 3.85. The molecule has 0 unspecified atom stereocenters. The van der Waals surface area contributed by atoms with Crippen LogP contribution in [0, 0.1) is 0 Å². The molecule has 0 fully saturated rings. The molecule has 4 rings (SSSR count). The lowest BCUT2D eigenvalue weighted by Crippen LogP contribution is -2.56. The molecule has 2 atom stereocenters. The summed E-state index contributed by atoms with van der Waals surface area (Å²) in [7, 11) is 1.55. The van der Waals surface area contributed by atoms with Gasteiger partial charge in [-0.1, -0.05) is 36.4 Å². The van der Waals surface area contributed by atoms with E-state index in [4.69, 9.17) is 9.47 Å². The standard InChI is InChI=1S/C21H19NO6/c1-12-17(19(24)28-11-13-7-9-14(27-2)10-8-13)20(25)18(23)15-5-3-4-6-16(15)21(20,26)22-12/h3-10,22,25-26H,11H2,1-2H3/t20-,21-/m0/s1. The molecule has 0 radical (unpaired) electrons. The van der Waals surface area contributed by atoms with Gasteiger partial charge in [0.1, 0.15) is 17.9 Å². The second-order valence-electron chi connectivity index (χ2n) is 6.84. The summed E-state index contributed by atoms with van der Waals surface area (Å²) >= 11 is 0. The molecule has 0 aromatic heterocycles. The molecule has 7 heteroatoms. The molecule has 2 aromatic carbocycles. The van der Waals surface area contributed by atoms with Crippen LogP contribution >= 0.6 is 0 Å². The number of aliphatic hydroxyl groups is 2. The number of ether oxygens (including phenoxy) is 2. The van der Waals surface area contributed by atoms with Gasteiger partial charge < -0.3 is 25.0 Å². The SMILES string of the molecule is COc1ccc(COC(=O)C2=C(C)N[C@]3(O)c4ccccc4C(=O)[C@@]23O)cc1. The highest BCUT2D eigenvalue weighted by molar-refractivity contribution is 6.16. The van der Waals surface area contributed by atoms with Gasteiger partial charge in [-0.3, -0.25) is 4.79 Å². The van der Waals surface area contributed by atoms with E-state index in [9.17, 15) is 19.8 Å². The summed E-state index contributed by atoms with van der Waals surface area (Å²) in [6.45, 7) is 1.45. The average Bonchev–Trinajstić information content (AvgIpc) is 3.01. The summed E-state index contributed by atoms with van der Waals surface area (Å²) in [4.78, 5) is 25.7. The molecule has 0 amide bonds. The smallest absolute Gasteiger partial charge is 0.339 e. The van der Waals surface area contributed by atoms with Gasteiger partial charge in [-0.05, 0) is 24.6 Å². The number of rotatable bonds is 4. The number of Topliss-reactive ketones (excluding diaryl/α,β-unsaturated/α-hetero) is 1. The summed E-state index contributed by atoms with van der Waals surface area (Å²) in [6, 6.07) is 13.3. The molecule has 28 heavy (non-hydrogen) atoms. The highest BCUT2D eigenvalue weighted by Gasteiger charge is 2.70. The summed E-state index contributed by atoms with van der Waals surface area (Å²) in [5, 5.41) is 25.0. The summed E-state index contributed by atoms with van der Waals surface area (Å²) in [5.74, 6) is -0.950. The molecule has 1 heterocycles. The molecule has 1 aliphatic carbocycles. The predicted molar refractivity (Wildman–Crippen MR) is 98.2 cm³/mol. The highest BCUT2D eigenvalue weighted by atomic mass is 16.5. The van der Waals surface area contributed by atoms with Crippen molar-refractivity contribution >= 4 is 11.8 Å². The Morgan fingerprint density at radius 1 is 1.11 bits per heavy atom. The lowest BCUT2D eigenvalue weighted by molar-refractivity contribution is -0.148. The monoisotopic (exact) mass is 381 g/mol. The number of allylic oxidation sites excluding steroid dienone is 1. The van der Waals surface area contributed by atoms with Crippen molar-refractivity contribution in [2.75, 3.05) is 7.11 Å². The Bertz CT molecular complexity index is 1010. The first-order valence-electron chi connectivity index (χ1n) is 8.71. The number of hydrogen-bond donors (Lipinski definition) is 3. The molecule has 144 valence electrons. The number of methoxy groups -OCH3 is 1. The number of carbonyl (C=O) groups excluding carboxylic acids is 2. The normalized spacial score (nSPS) is 25.2. The molecular weight excluding hydrogens is 362 g/mol. The number of benzene rings is 2. The van der Waals surface area contributed by atoms with Crippen molar-refractivity contribution in [1.29, 1.82) is 0 Å². The van der Waals surface area contributed by atoms with Crippen LogP contribution in [0.3, 0.4) is 0 Å². The molecule has 0 saturated carbocycles. The Kier molecular flexibility index (Phi) is 4.02. The van der Waals surface area contributed by atoms with Crippen molar-refractivity contribution in [3.8, 4) is 5.75 Å². The minimum atomic E-state index is -2.45. The van der Waals surface area contributed by atoms with Gasteiger partial charge in [0.05, 0.1) is 7.11 Å². The molecule has 7 nitrogen and oxygen atoms in total. The molecule has 3 N–H and O–H groups in total. The summed E-state index contributed by atoms with van der Waals surface area (Å²) in [6.07, 6.45) is 0. The molecule has 1 aliphatic heterocycles. The van der Waals surface area contributed by atoms with Crippen LogP contribution in [-0.2, 0) is 21.9 Å². The highest BCUT2D eigenvalue weighted by Crippen LogP contribution is 2.51. The van der Waals surface area contributed by atoms with Gasteiger partial charge in [0.25, 0.3) is 0 Å². The lowest BCUT2D eigenvalue weighted by Gasteiger charge is -2.31. The zero-order valence-corrected chi connectivity index (χ0v) is 15.4. The van der Waals surface area contributed by atoms with Gasteiger partial charge >= 0.3 is 5.97 Å². The summed E-state index contributed by atoms with van der Waals surface area (Å²) < 4.78 is 10.4. The number of fused-ring (bicyclic) bond motifs is 3. The Morgan fingerprint density at radius 3 is 2.46 bits per heavy atom. The third-order valence-corrected chi connectivity index (χ3v) is 5.25. The third-order valence-electron chi connectivity index (χ3n) is 5.25. The largest absolute Gasteiger partial charge is 0.497 e.